The fraction of sp³-hybridized carbons (Fsp3) is 0.222. The number of carbonyl (C=O) groups is 1. The summed E-state index contributed by atoms with van der Waals surface area (Å²) >= 11 is 0. The van der Waals surface area contributed by atoms with Crippen LogP contribution in [0.15, 0.2) is 42.5 Å². The summed E-state index contributed by atoms with van der Waals surface area (Å²) in [7, 11) is 0. The van der Waals surface area contributed by atoms with E-state index in [2.05, 4.69) is 4.98 Å². The van der Waals surface area contributed by atoms with E-state index >= 15 is 0 Å². The number of nitrogens with zero attached hydrogens (tertiary/aromatic N) is 2. The molecule has 0 saturated heterocycles. The van der Waals surface area contributed by atoms with Crippen molar-refractivity contribution in [1.29, 1.82) is 0 Å². The standard InChI is InChI=1S/C18H17FN2O2/c1-3-23-18(22)17-10-13-9-14(19)7-8-16(13)21(17)11-15-6-4-5-12(2)20-15/h4-10H,3,11H2,1-2H3. The predicted molar refractivity (Wildman–Crippen MR) is 85.9 cm³/mol. The van der Waals surface area contributed by atoms with Gasteiger partial charge >= 0.3 is 5.97 Å². The van der Waals surface area contributed by atoms with Gasteiger partial charge in [-0.25, -0.2) is 9.18 Å². The number of carbonyl (C=O) groups excluding carboxylic acids is 1. The molecule has 0 radical (unpaired) electrons. The van der Waals surface area contributed by atoms with Crippen molar-refractivity contribution in [3.05, 3.63) is 65.4 Å². The summed E-state index contributed by atoms with van der Waals surface area (Å²) in [6.07, 6.45) is 0. The van der Waals surface area contributed by atoms with Gasteiger partial charge in [0.05, 0.1) is 18.8 Å². The van der Waals surface area contributed by atoms with Gasteiger partial charge < -0.3 is 9.30 Å². The average Bonchev–Trinajstić information content (AvgIpc) is 2.85. The minimum atomic E-state index is -0.420. The molecule has 0 unspecified atom stereocenters. The van der Waals surface area contributed by atoms with E-state index in [4.69, 9.17) is 4.74 Å². The molecule has 2 aromatic heterocycles. The second-order valence-corrected chi connectivity index (χ2v) is 5.31. The van der Waals surface area contributed by atoms with E-state index in [-0.39, 0.29) is 12.4 Å². The van der Waals surface area contributed by atoms with Crippen LogP contribution in [-0.4, -0.2) is 22.1 Å². The van der Waals surface area contributed by atoms with Gasteiger partial charge in [0.15, 0.2) is 0 Å². The highest BCUT2D eigenvalue weighted by Crippen LogP contribution is 2.23. The molecule has 0 aliphatic carbocycles. The quantitative estimate of drug-likeness (QED) is 0.690. The van der Waals surface area contributed by atoms with Gasteiger partial charge in [-0.3, -0.25) is 4.98 Å². The Bertz CT molecular complexity index is 871. The monoisotopic (exact) mass is 312 g/mol. The van der Waals surface area contributed by atoms with Gasteiger partial charge in [-0.2, -0.15) is 0 Å². The molecule has 3 rings (SSSR count). The summed E-state index contributed by atoms with van der Waals surface area (Å²) < 4.78 is 20.4. The SMILES string of the molecule is CCOC(=O)c1cc2cc(F)ccc2n1Cc1cccc(C)n1. The van der Waals surface area contributed by atoms with E-state index in [1.807, 2.05) is 29.7 Å². The number of pyridine rings is 1. The number of aryl methyl sites for hydroxylation is 1. The normalized spacial score (nSPS) is 10.9. The largest absolute Gasteiger partial charge is 0.461 e. The van der Waals surface area contributed by atoms with Gasteiger partial charge in [-0.15, -0.1) is 0 Å². The first-order chi connectivity index (χ1) is 11.1. The number of hydrogen-bond acceptors (Lipinski definition) is 3. The molecule has 3 aromatic rings. The first-order valence-electron chi connectivity index (χ1n) is 7.47. The highest BCUT2D eigenvalue weighted by Gasteiger charge is 2.17. The zero-order valence-electron chi connectivity index (χ0n) is 13.0. The molecule has 5 heteroatoms. The molecule has 118 valence electrons. The maximum absolute atomic E-state index is 13.5. The van der Waals surface area contributed by atoms with Crippen molar-refractivity contribution in [3.63, 3.8) is 0 Å². The Hall–Kier alpha value is -2.69. The summed E-state index contributed by atoms with van der Waals surface area (Å²) in [5, 5.41) is 0.667. The van der Waals surface area contributed by atoms with Crippen LogP contribution in [0.2, 0.25) is 0 Å². The highest BCUT2D eigenvalue weighted by atomic mass is 19.1. The van der Waals surface area contributed by atoms with Gasteiger partial charge in [-0.05, 0) is 50.2 Å². The molecule has 0 atom stereocenters. The Labute approximate surface area is 133 Å². The summed E-state index contributed by atoms with van der Waals surface area (Å²) in [4.78, 5) is 16.7. The molecule has 1 aromatic carbocycles. The number of benzene rings is 1. The number of aromatic nitrogens is 2. The summed E-state index contributed by atoms with van der Waals surface area (Å²) in [6, 6.07) is 11.9. The van der Waals surface area contributed by atoms with Crippen molar-refractivity contribution in [3.8, 4) is 0 Å². The van der Waals surface area contributed by atoms with E-state index in [0.29, 0.717) is 17.6 Å². The maximum Gasteiger partial charge on any atom is 0.354 e. The molecule has 0 fully saturated rings. The van der Waals surface area contributed by atoms with Crippen LogP contribution in [0.25, 0.3) is 10.9 Å². The maximum atomic E-state index is 13.5. The third-order valence-corrected chi connectivity index (χ3v) is 3.61. The van der Waals surface area contributed by atoms with E-state index in [9.17, 15) is 9.18 Å². The number of halogens is 1. The fourth-order valence-corrected chi connectivity index (χ4v) is 2.64. The molecule has 2 heterocycles. The van der Waals surface area contributed by atoms with Gasteiger partial charge in [0.1, 0.15) is 11.5 Å². The van der Waals surface area contributed by atoms with Crippen molar-refractivity contribution < 1.29 is 13.9 Å². The first kappa shape index (κ1) is 15.2. The average molecular weight is 312 g/mol. The highest BCUT2D eigenvalue weighted by molar-refractivity contribution is 5.95. The third-order valence-electron chi connectivity index (χ3n) is 3.61. The Morgan fingerprint density at radius 1 is 1.26 bits per heavy atom. The first-order valence-corrected chi connectivity index (χ1v) is 7.47. The topological polar surface area (TPSA) is 44.1 Å². The van der Waals surface area contributed by atoms with Gasteiger partial charge in [0, 0.05) is 16.6 Å². The summed E-state index contributed by atoms with van der Waals surface area (Å²) in [6.45, 7) is 4.38. The Morgan fingerprint density at radius 2 is 2.09 bits per heavy atom. The lowest BCUT2D eigenvalue weighted by Gasteiger charge is -2.10. The second kappa shape index (κ2) is 6.20. The second-order valence-electron chi connectivity index (χ2n) is 5.31. The molecule has 0 bridgehead atoms. The molecule has 0 saturated carbocycles. The summed E-state index contributed by atoms with van der Waals surface area (Å²) in [5.41, 5.74) is 2.91. The summed E-state index contributed by atoms with van der Waals surface area (Å²) in [5.74, 6) is -0.754. The lowest BCUT2D eigenvalue weighted by molar-refractivity contribution is 0.0515. The van der Waals surface area contributed by atoms with Gasteiger partial charge in [-0.1, -0.05) is 6.07 Å². The number of hydrogen-bond donors (Lipinski definition) is 0. The molecule has 0 aliphatic rings. The van der Waals surface area contributed by atoms with E-state index in [1.54, 1.807) is 19.1 Å². The molecule has 0 aliphatic heterocycles. The van der Waals surface area contributed by atoms with Crippen LogP contribution in [0.1, 0.15) is 28.8 Å². The molecular weight excluding hydrogens is 295 g/mol. The van der Waals surface area contributed by atoms with Crippen LogP contribution in [-0.2, 0) is 11.3 Å². The minimum absolute atomic E-state index is 0.289. The van der Waals surface area contributed by atoms with E-state index in [1.165, 1.54) is 12.1 Å². The number of rotatable bonds is 4. The fourth-order valence-electron chi connectivity index (χ4n) is 2.64. The third kappa shape index (κ3) is 3.08. The Morgan fingerprint density at radius 3 is 2.83 bits per heavy atom. The van der Waals surface area contributed by atoms with E-state index < -0.39 is 5.97 Å². The molecule has 0 amide bonds. The smallest absolute Gasteiger partial charge is 0.354 e. The van der Waals surface area contributed by atoms with Crippen molar-refractivity contribution in [2.24, 2.45) is 0 Å². The number of fused-ring (bicyclic) bond motifs is 1. The lowest BCUT2D eigenvalue weighted by Crippen LogP contribution is -2.13. The lowest BCUT2D eigenvalue weighted by atomic mass is 10.2. The number of ether oxygens (including phenoxy) is 1. The van der Waals surface area contributed by atoms with Crippen molar-refractivity contribution >= 4 is 16.9 Å². The number of esters is 1. The molecule has 0 N–H and O–H groups in total. The Balaban J connectivity index is 2.11. The predicted octanol–water partition coefficient (Wildman–Crippen LogP) is 3.71. The van der Waals surface area contributed by atoms with Crippen molar-refractivity contribution in [2.45, 2.75) is 20.4 Å². The van der Waals surface area contributed by atoms with Crippen molar-refractivity contribution in [1.82, 2.24) is 9.55 Å². The molecule has 4 nitrogen and oxygen atoms in total. The zero-order valence-corrected chi connectivity index (χ0v) is 13.0. The van der Waals surface area contributed by atoms with Gasteiger partial charge in [0.2, 0.25) is 0 Å². The van der Waals surface area contributed by atoms with Crippen LogP contribution in [0.3, 0.4) is 0 Å². The minimum Gasteiger partial charge on any atom is -0.461 e. The zero-order chi connectivity index (χ0) is 16.4. The van der Waals surface area contributed by atoms with Crippen LogP contribution in [0.5, 0.6) is 0 Å². The van der Waals surface area contributed by atoms with Gasteiger partial charge in [0.25, 0.3) is 0 Å². The van der Waals surface area contributed by atoms with Crippen LogP contribution >= 0.6 is 0 Å². The Kier molecular flexibility index (Phi) is 4.10. The van der Waals surface area contributed by atoms with E-state index in [0.717, 1.165) is 16.9 Å². The molecule has 23 heavy (non-hydrogen) atoms. The van der Waals surface area contributed by atoms with Crippen molar-refractivity contribution in [2.75, 3.05) is 6.61 Å². The van der Waals surface area contributed by atoms with Crippen LogP contribution < -0.4 is 0 Å². The molecule has 0 spiro atoms. The molecular formula is C18H17FN2O2. The van der Waals surface area contributed by atoms with Crippen LogP contribution in [0.4, 0.5) is 4.39 Å². The van der Waals surface area contributed by atoms with Crippen LogP contribution in [0, 0.1) is 12.7 Å².